The second-order valence-electron chi connectivity index (χ2n) is 24.9. The number of unbranched alkanes of at least 4 members (excludes halogenated alkanes) is 51. The zero-order valence-corrected chi connectivity index (χ0v) is 54.8. The summed E-state index contributed by atoms with van der Waals surface area (Å²) in [6, 6.07) is 0. The van der Waals surface area contributed by atoms with E-state index in [1.807, 2.05) is 0 Å². The fraction of sp³-hybridized carbons (Fsp3) is 0.880. The first-order chi connectivity index (χ1) is 40.0. The summed E-state index contributed by atoms with van der Waals surface area (Å²) in [7, 11) is 0. The summed E-state index contributed by atoms with van der Waals surface area (Å²) in [6.07, 6.45) is 87.5. The van der Waals surface area contributed by atoms with Crippen LogP contribution in [0.3, 0.4) is 0 Å². The molecule has 6 nitrogen and oxygen atoms in total. The normalized spacial score (nSPS) is 12.2. The Balaban J connectivity index is 4.23. The van der Waals surface area contributed by atoms with Gasteiger partial charge in [-0.05, 0) is 77.0 Å². The van der Waals surface area contributed by atoms with Gasteiger partial charge in [-0.15, -0.1) is 0 Å². The van der Waals surface area contributed by atoms with Crippen molar-refractivity contribution in [2.75, 3.05) is 13.2 Å². The SMILES string of the molecule is CCCCCCC/C=C\C/C=C\CCCCCCCCCCCCCCCCCC(=O)OCC(COC(=O)CCCCCCC/C=C\CCCCCCC)OC(=O)CCCCCCCCCCCCCCCCCCCCCCCC. The summed E-state index contributed by atoms with van der Waals surface area (Å²) in [5.74, 6) is -0.847. The maximum atomic E-state index is 13.0. The van der Waals surface area contributed by atoms with Crippen molar-refractivity contribution in [2.45, 2.75) is 412 Å². The number of allylic oxidation sites excluding steroid dienone is 6. The number of ether oxygens (including phenoxy) is 3. The summed E-state index contributed by atoms with van der Waals surface area (Å²) in [5.41, 5.74) is 0. The Morgan fingerprint density at radius 1 is 0.247 bits per heavy atom. The highest BCUT2D eigenvalue weighted by Gasteiger charge is 2.19. The molecule has 1 unspecified atom stereocenters. The van der Waals surface area contributed by atoms with Gasteiger partial charge in [0.1, 0.15) is 13.2 Å². The third kappa shape index (κ3) is 68.3. The first-order valence-corrected chi connectivity index (χ1v) is 36.5. The summed E-state index contributed by atoms with van der Waals surface area (Å²) >= 11 is 0. The zero-order chi connectivity index (χ0) is 58.5. The molecule has 0 saturated heterocycles. The molecule has 1 atom stereocenters. The molecule has 0 spiro atoms. The van der Waals surface area contributed by atoms with Gasteiger partial charge in [-0.3, -0.25) is 14.4 Å². The van der Waals surface area contributed by atoms with Crippen molar-refractivity contribution in [1.82, 2.24) is 0 Å². The van der Waals surface area contributed by atoms with E-state index < -0.39 is 6.10 Å². The number of hydrogen-bond acceptors (Lipinski definition) is 6. The number of hydrogen-bond donors (Lipinski definition) is 0. The van der Waals surface area contributed by atoms with E-state index in [9.17, 15) is 14.4 Å². The van der Waals surface area contributed by atoms with E-state index in [4.69, 9.17) is 14.2 Å². The van der Waals surface area contributed by atoms with E-state index in [0.29, 0.717) is 19.3 Å². The van der Waals surface area contributed by atoms with E-state index in [2.05, 4.69) is 57.2 Å². The van der Waals surface area contributed by atoms with Gasteiger partial charge < -0.3 is 14.2 Å². The van der Waals surface area contributed by atoms with E-state index in [0.717, 1.165) is 70.6 Å². The average Bonchev–Trinajstić information content (AvgIpc) is 3.47. The van der Waals surface area contributed by atoms with E-state index in [1.165, 1.54) is 295 Å². The molecule has 0 aromatic rings. The van der Waals surface area contributed by atoms with Crippen LogP contribution in [0.25, 0.3) is 0 Å². The summed E-state index contributed by atoms with van der Waals surface area (Å²) in [6.45, 7) is 6.69. The lowest BCUT2D eigenvalue weighted by atomic mass is 10.0. The smallest absolute Gasteiger partial charge is 0.306 e. The first-order valence-electron chi connectivity index (χ1n) is 36.5. The highest BCUT2D eigenvalue weighted by Crippen LogP contribution is 2.19. The molecule has 0 aromatic carbocycles. The molecule has 0 heterocycles. The Hall–Kier alpha value is -2.37. The molecule has 0 saturated carbocycles. The molecule has 476 valence electrons. The molecule has 0 aliphatic heterocycles. The Morgan fingerprint density at radius 3 is 0.691 bits per heavy atom. The van der Waals surface area contributed by atoms with Crippen molar-refractivity contribution < 1.29 is 28.6 Å². The van der Waals surface area contributed by atoms with Crippen LogP contribution in [0.4, 0.5) is 0 Å². The molecular formula is C75H140O6. The van der Waals surface area contributed by atoms with E-state index >= 15 is 0 Å². The van der Waals surface area contributed by atoms with Crippen LogP contribution in [0.1, 0.15) is 406 Å². The maximum absolute atomic E-state index is 13.0. The van der Waals surface area contributed by atoms with Crippen LogP contribution >= 0.6 is 0 Å². The zero-order valence-electron chi connectivity index (χ0n) is 54.8. The lowest BCUT2D eigenvalue weighted by Crippen LogP contribution is -2.30. The molecule has 0 N–H and O–H groups in total. The molecule has 0 amide bonds. The van der Waals surface area contributed by atoms with Gasteiger partial charge in [0.25, 0.3) is 0 Å². The number of rotatable bonds is 68. The van der Waals surface area contributed by atoms with Crippen LogP contribution in [0.2, 0.25) is 0 Å². The lowest BCUT2D eigenvalue weighted by Gasteiger charge is -2.18. The fourth-order valence-corrected chi connectivity index (χ4v) is 11.1. The topological polar surface area (TPSA) is 78.9 Å². The standard InChI is InChI=1S/C75H140O6/c1-4-7-10-13-16-19-22-25-28-30-32-34-36-37-38-39-40-42-43-45-47-50-53-56-59-62-65-68-74(77)80-71-72(70-79-73(76)67-64-61-58-55-52-49-27-24-21-18-15-12-9-6-3)81-75(78)69-66-63-60-57-54-51-48-46-44-41-35-33-31-29-26-23-20-17-14-11-8-5-2/h22,24-25,27,30,32,72H,4-21,23,26,28-29,31,33-71H2,1-3H3/b25-22-,27-24-,32-30-. The largest absolute Gasteiger partial charge is 0.462 e. The molecule has 0 radical (unpaired) electrons. The van der Waals surface area contributed by atoms with Gasteiger partial charge in [0.05, 0.1) is 0 Å². The minimum absolute atomic E-state index is 0.0693. The van der Waals surface area contributed by atoms with Crippen LogP contribution in [-0.2, 0) is 28.6 Å². The lowest BCUT2D eigenvalue weighted by molar-refractivity contribution is -0.167. The highest BCUT2D eigenvalue weighted by molar-refractivity contribution is 5.71. The first kappa shape index (κ1) is 78.6. The van der Waals surface area contributed by atoms with Gasteiger partial charge >= 0.3 is 17.9 Å². The minimum atomic E-state index is -0.774. The summed E-state index contributed by atoms with van der Waals surface area (Å²) in [5, 5.41) is 0. The predicted octanol–water partition coefficient (Wildman–Crippen LogP) is 25.1. The summed E-state index contributed by atoms with van der Waals surface area (Å²) < 4.78 is 17.0. The average molecular weight is 1140 g/mol. The highest BCUT2D eigenvalue weighted by atomic mass is 16.6. The molecule has 81 heavy (non-hydrogen) atoms. The molecule has 0 aliphatic carbocycles. The second kappa shape index (κ2) is 70.1. The monoisotopic (exact) mass is 1140 g/mol. The van der Waals surface area contributed by atoms with Gasteiger partial charge in [-0.1, -0.05) is 346 Å². The molecule has 0 fully saturated rings. The third-order valence-corrected chi connectivity index (χ3v) is 16.6. The van der Waals surface area contributed by atoms with Gasteiger partial charge in [0, 0.05) is 19.3 Å². The van der Waals surface area contributed by atoms with Crippen LogP contribution in [0, 0.1) is 0 Å². The molecule has 0 rings (SSSR count). The molecular weight excluding hydrogens is 997 g/mol. The predicted molar refractivity (Wildman–Crippen MR) is 353 cm³/mol. The van der Waals surface area contributed by atoms with Crippen molar-refractivity contribution >= 4 is 17.9 Å². The van der Waals surface area contributed by atoms with Crippen LogP contribution < -0.4 is 0 Å². The van der Waals surface area contributed by atoms with Crippen molar-refractivity contribution in [1.29, 1.82) is 0 Å². The minimum Gasteiger partial charge on any atom is -0.462 e. The van der Waals surface area contributed by atoms with Crippen LogP contribution in [-0.4, -0.2) is 37.2 Å². The van der Waals surface area contributed by atoms with Gasteiger partial charge in [0.15, 0.2) is 6.10 Å². The van der Waals surface area contributed by atoms with Gasteiger partial charge in [0.2, 0.25) is 0 Å². The quantitative estimate of drug-likeness (QED) is 0.0261. The van der Waals surface area contributed by atoms with Crippen molar-refractivity contribution in [3.8, 4) is 0 Å². The third-order valence-electron chi connectivity index (χ3n) is 16.6. The molecule has 6 heteroatoms. The Kier molecular flexibility index (Phi) is 68.1. The molecule has 0 aromatic heterocycles. The molecule has 0 aliphatic rings. The Morgan fingerprint density at radius 2 is 0.444 bits per heavy atom. The fourth-order valence-electron chi connectivity index (χ4n) is 11.1. The van der Waals surface area contributed by atoms with E-state index in [-0.39, 0.29) is 31.1 Å². The Labute approximate surface area is 506 Å². The van der Waals surface area contributed by atoms with Crippen LogP contribution in [0.5, 0.6) is 0 Å². The van der Waals surface area contributed by atoms with E-state index in [1.54, 1.807) is 0 Å². The van der Waals surface area contributed by atoms with Crippen molar-refractivity contribution in [3.63, 3.8) is 0 Å². The van der Waals surface area contributed by atoms with Crippen LogP contribution in [0.15, 0.2) is 36.5 Å². The van der Waals surface area contributed by atoms with Crippen molar-refractivity contribution in [2.24, 2.45) is 0 Å². The van der Waals surface area contributed by atoms with Gasteiger partial charge in [-0.2, -0.15) is 0 Å². The Bertz CT molecular complexity index is 1350. The molecule has 0 bridgehead atoms. The second-order valence-corrected chi connectivity index (χ2v) is 24.9. The van der Waals surface area contributed by atoms with Gasteiger partial charge in [-0.25, -0.2) is 0 Å². The number of carbonyl (C=O) groups is 3. The number of carbonyl (C=O) groups excluding carboxylic acids is 3. The maximum Gasteiger partial charge on any atom is 0.306 e. The van der Waals surface area contributed by atoms with Crippen molar-refractivity contribution in [3.05, 3.63) is 36.5 Å². The number of esters is 3. The summed E-state index contributed by atoms with van der Waals surface area (Å²) in [4.78, 5) is 38.5.